The Morgan fingerprint density at radius 3 is 2.75 bits per heavy atom. The van der Waals surface area contributed by atoms with E-state index in [9.17, 15) is 10.1 Å². The Balaban J connectivity index is 2.08. The van der Waals surface area contributed by atoms with Crippen LogP contribution in [0.2, 0.25) is 0 Å². The van der Waals surface area contributed by atoms with E-state index in [0.29, 0.717) is 11.6 Å². The highest BCUT2D eigenvalue weighted by molar-refractivity contribution is 5.56. The van der Waals surface area contributed by atoms with Gasteiger partial charge in [-0.1, -0.05) is 26.7 Å². The van der Waals surface area contributed by atoms with Gasteiger partial charge >= 0.3 is 5.82 Å². The van der Waals surface area contributed by atoms with Gasteiger partial charge in [0.15, 0.2) is 0 Å². The average molecular weight is 277 g/mol. The minimum absolute atomic E-state index is 0.0785. The molecule has 1 aliphatic rings. The number of hydrogen-bond donors (Lipinski definition) is 1. The molecule has 1 aliphatic carbocycles. The molecule has 1 aromatic heterocycles. The molecule has 1 aromatic rings. The average Bonchev–Trinajstić information content (AvgIpc) is 2.84. The first-order valence-corrected chi connectivity index (χ1v) is 7.36. The molecule has 0 aromatic carbocycles. The zero-order valence-electron chi connectivity index (χ0n) is 12.3. The van der Waals surface area contributed by atoms with Crippen molar-refractivity contribution in [1.29, 1.82) is 0 Å². The van der Waals surface area contributed by atoms with Crippen LogP contribution in [0.1, 0.15) is 46.0 Å². The molecule has 0 bridgehead atoms. The predicted molar refractivity (Wildman–Crippen MR) is 79.7 cm³/mol. The van der Waals surface area contributed by atoms with E-state index in [2.05, 4.69) is 24.1 Å². The molecule has 0 saturated heterocycles. The van der Waals surface area contributed by atoms with Gasteiger partial charge in [-0.15, -0.1) is 0 Å². The summed E-state index contributed by atoms with van der Waals surface area (Å²) in [5, 5.41) is 14.3. The van der Waals surface area contributed by atoms with Crippen LogP contribution < -0.4 is 5.32 Å². The standard InChI is InChI=1S/C15H23N3O2/c1-12(2)10-15(7-3-4-8-15)11-17-13-6-5-9-16-14(13)18(19)20/h5-6,9,12,17H,3-4,7-8,10-11H2,1-2H3. The van der Waals surface area contributed by atoms with Crippen LogP contribution in [0, 0.1) is 21.4 Å². The number of nitrogens with zero attached hydrogens (tertiary/aromatic N) is 2. The number of rotatable bonds is 6. The van der Waals surface area contributed by atoms with E-state index in [0.717, 1.165) is 6.54 Å². The van der Waals surface area contributed by atoms with Gasteiger partial charge in [-0.3, -0.25) is 0 Å². The Labute approximate surface area is 119 Å². The number of hydrogen-bond acceptors (Lipinski definition) is 4. The van der Waals surface area contributed by atoms with Crippen molar-refractivity contribution in [2.45, 2.75) is 46.0 Å². The largest absolute Gasteiger partial charge is 0.386 e. The molecule has 0 amide bonds. The summed E-state index contributed by atoms with van der Waals surface area (Å²) in [5.74, 6) is 0.573. The van der Waals surface area contributed by atoms with E-state index in [-0.39, 0.29) is 11.2 Å². The molecule has 0 spiro atoms. The summed E-state index contributed by atoms with van der Waals surface area (Å²) in [4.78, 5) is 14.4. The molecule has 1 heterocycles. The van der Waals surface area contributed by atoms with E-state index < -0.39 is 4.92 Å². The summed E-state index contributed by atoms with van der Waals surface area (Å²) in [7, 11) is 0. The van der Waals surface area contributed by atoms with Gasteiger partial charge < -0.3 is 15.4 Å². The summed E-state index contributed by atoms with van der Waals surface area (Å²) in [6.45, 7) is 5.29. The normalized spacial score (nSPS) is 17.4. The molecule has 2 rings (SSSR count). The van der Waals surface area contributed by atoms with E-state index in [1.54, 1.807) is 12.1 Å². The molecule has 1 N–H and O–H groups in total. The minimum Gasteiger partial charge on any atom is -0.378 e. The summed E-state index contributed by atoms with van der Waals surface area (Å²) in [5.41, 5.74) is 0.824. The number of nitro groups is 1. The van der Waals surface area contributed by atoms with Crippen molar-refractivity contribution in [1.82, 2.24) is 4.98 Å². The molecule has 0 atom stereocenters. The first-order chi connectivity index (χ1) is 9.52. The summed E-state index contributed by atoms with van der Waals surface area (Å²) in [6.07, 6.45) is 7.60. The third kappa shape index (κ3) is 3.46. The lowest BCUT2D eigenvalue weighted by atomic mass is 9.78. The van der Waals surface area contributed by atoms with Gasteiger partial charge in [0, 0.05) is 6.54 Å². The Morgan fingerprint density at radius 2 is 2.15 bits per heavy atom. The van der Waals surface area contributed by atoms with Gasteiger partial charge in [-0.25, -0.2) is 0 Å². The predicted octanol–water partition coefficient (Wildman–Crippen LogP) is 4.01. The van der Waals surface area contributed by atoms with E-state index in [1.807, 2.05) is 0 Å². The monoisotopic (exact) mass is 277 g/mol. The fraction of sp³-hybridized carbons (Fsp3) is 0.667. The maximum Gasteiger partial charge on any atom is 0.386 e. The van der Waals surface area contributed by atoms with Crippen molar-refractivity contribution >= 4 is 11.5 Å². The van der Waals surface area contributed by atoms with Crippen LogP contribution in [0.25, 0.3) is 0 Å². The topological polar surface area (TPSA) is 68.1 Å². The highest BCUT2D eigenvalue weighted by Gasteiger charge is 2.34. The van der Waals surface area contributed by atoms with Crippen LogP contribution in [-0.4, -0.2) is 16.5 Å². The fourth-order valence-corrected chi connectivity index (χ4v) is 3.41. The molecule has 110 valence electrons. The molecule has 0 unspecified atom stereocenters. The molecule has 5 nitrogen and oxygen atoms in total. The van der Waals surface area contributed by atoms with Crippen molar-refractivity contribution in [2.75, 3.05) is 11.9 Å². The summed E-state index contributed by atoms with van der Waals surface area (Å²) < 4.78 is 0. The van der Waals surface area contributed by atoms with Gasteiger partial charge in [0.2, 0.25) is 0 Å². The van der Waals surface area contributed by atoms with Gasteiger partial charge in [-0.05, 0) is 52.6 Å². The van der Waals surface area contributed by atoms with Crippen molar-refractivity contribution < 1.29 is 4.92 Å². The molecule has 5 heteroatoms. The summed E-state index contributed by atoms with van der Waals surface area (Å²) >= 11 is 0. The Hall–Kier alpha value is -1.65. The van der Waals surface area contributed by atoms with Gasteiger partial charge in [-0.2, -0.15) is 0 Å². The fourth-order valence-electron chi connectivity index (χ4n) is 3.41. The second-order valence-electron chi connectivity index (χ2n) is 6.29. The molecule has 0 aliphatic heterocycles. The van der Waals surface area contributed by atoms with Crippen LogP contribution in [-0.2, 0) is 0 Å². The third-order valence-electron chi connectivity index (χ3n) is 4.12. The van der Waals surface area contributed by atoms with Crippen LogP contribution in [0.4, 0.5) is 11.5 Å². The van der Waals surface area contributed by atoms with Crippen LogP contribution >= 0.6 is 0 Å². The Bertz CT molecular complexity index is 468. The Morgan fingerprint density at radius 1 is 1.45 bits per heavy atom. The van der Waals surface area contributed by atoms with Crippen LogP contribution in [0.5, 0.6) is 0 Å². The van der Waals surface area contributed by atoms with E-state index in [1.165, 1.54) is 38.3 Å². The van der Waals surface area contributed by atoms with E-state index in [4.69, 9.17) is 0 Å². The van der Waals surface area contributed by atoms with Gasteiger partial charge in [0.05, 0.1) is 0 Å². The molecule has 1 saturated carbocycles. The maximum absolute atomic E-state index is 11.0. The third-order valence-corrected chi connectivity index (χ3v) is 4.12. The smallest absolute Gasteiger partial charge is 0.378 e. The first-order valence-electron chi connectivity index (χ1n) is 7.36. The van der Waals surface area contributed by atoms with Gasteiger partial charge in [0.25, 0.3) is 0 Å². The highest BCUT2D eigenvalue weighted by atomic mass is 16.6. The second kappa shape index (κ2) is 6.20. The van der Waals surface area contributed by atoms with Crippen molar-refractivity contribution in [3.63, 3.8) is 0 Å². The van der Waals surface area contributed by atoms with Crippen LogP contribution in [0.3, 0.4) is 0 Å². The summed E-state index contributed by atoms with van der Waals surface area (Å²) in [6, 6.07) is 3.47. The number of nitrogens with one attached hydrogen (secondary N) is 1. The minimum atomic E-state index is -0.425. The Kier molecular flexibility index (Phi) is 4.57. The lowest BCUT2D eigenvalue weighted by Crippen LogP contribution is -2.28. The van der Waals surface area contributed by atoms with Crippen LogP contribution in [0.15, 0.2) is 18.3 Å². The number of anilines is 1. The molecular formula is C15H23N3O2. The van der Waals surface area contributed by atoms with Crippen molar-refractivity contribution in [3.8, 4) is 0 Å². The highest BCUT2D eigenvalue weighted by Crippen LogP contribution is 2.43. The quantitative estimate of drug-likeness (QED) is 0.630. The lowest BCUT2D eigenvalue weighted by molar-refractivity contribution is -0.388. The van der Waals surface area contributed by atoms with Crippen molar-refractivity contribution in [3.05, 3.63) is 28.4 Å². The first kappa shape index (κ1) is 14.8. The molecular weight excluding hydrogens is 254 g/mol. The van der Waals surface area contributed by atoms with Gasteiger partial charge in [0.1, 0.15) is 11.9 Å². The maximum atomic E-state index is 11.0. The van der Waals surface area contributed by atoms with E-state index >= 15 is 0 Å². The number of pyridine rings is 1. The second-order valence-corrected chi connectivity index (χ2v) is 6.29. The zero-order valence-corrected chi connectivity index (χ0v) is 12.3. The SMILES string of the molecule is CC(C)CC1(CNc2cccnc2[N+](=O)[O-])CCCC1. The lowest BCUT2D eigenvalue weighted by Gasteiger charge is -2.31. The molecule has 0 radical (unpaired) electrons. The molecule has 20 heavy (non-hydrogen) atoms. The number of aromatic nitrogens is 1. The zero-order chi connectivity index (χ0) is 14.6. The van der Waals surface area contributed by atoms with Crippen molar-refractivity contribution in [2.24, 2.45) is 11.3 Å². The molecule has 1 fully saturated rings.